The van der Waals surface area contributed by atoms with Crippen molar-refractivity contribution >= 4 is 11.8 Å². The summed E-state index contributed by atoms with van der Waals surface area (Å²) in [5.74, 6) is -0.544. The molecule has 0 atom stereocenters. The molecule has 0 fully saturated rings. The Morgan fingerprint density at radius 2 is 1.77 bits per heavy atom. The lowest BCUT2D eigenvalue weighted by atomic mass is 10.1. The smallest absolute Gasteiger partial charge is 0.291 e. The van der Waals surface area contributed by atoms with E-state index in [-0.39, 0.29) is 5.69 Å². The number of rotatable bonds is 3. The van der Waals surface area contributed by atoms with Crippen LogP contribution in [0.15, 0.2) is 59.3 Å². The number of carbonyl (C=O) groups is 2. The van der Waals surface area contributed by atoms with Gasteiger partial charge in [-0.25, -0.2) is 0 Å². The Labute approximate surface area is 125 Å². The number of carbonyl (C=O) groups excluding carboxylic acids is 2. The predicted molar refractivity (Wildman–Crippen MR) is 77.7 cm³/mol. The van der Waals surface area contributed by atoms with Gasteiger partial charge in [0.25, 0.3) is 11.8 Å². The first-order valence-corrected chi connectivity index (χ1v) is 6.50. The van der Waals surface area contributed by atoms with Crippen molar-refractivity contribution in [3.8, 4) is 11.3 Å². The van der Waals surface area contributed by atoms with E-state index >= 15 is 0 Å². The summed E-state index contributed by atoms with van der Waals surface area (Å²) in [6.07, 6.45) is 1.61. The van der Waals surface area contributed by atoms with Gasteiger partial charge in [-0.15, -0.1) is 0 Å². The summed E-state index contributed by atoms with van der Waals surface area (Å²) in [5.41, 5.74) is 5.77. The number of nitrogens with zero attached hydrogens (tertiary/aromatic N) is 1. The molecule has 0 saturated heterocycles. The van der Waals surface area contributed by atoms with Crippen LogP contribution >= 0.6 is 0 Å². The Hall–Kier alpha value is -3.35. The number of aromatic nitrogens is 2. The van der Waals surface area contributed by atoms with Crippen molar-refractivity contribution in [2.75, 3.05) is 0 Å². The number of hydrogen-bond acceptors (Lipinski definition) is 4. The molecule has 2 heterocycles. The molecule has 3 aromatic rings. The molecule has 7 nitrogen and oxygen atoms in total. The van der Waals surface area contributed by atoms with Crippen molar-refractivity contribution in [2.24, 2.45) is 0 Å². The number of nitrogens with one attached hydrogen (secondary N) is 3. The van der Waals surface area contributed by atoms with Gasteiger partial charge in [0.1, 0.15) is 5.69 Å². The van der Waals surface area contributed by atoms with Crippen molar-refractivity contribution in [1.29, 1.82) is 0 Å². The van der Waals surface area contributed by atoms with Crippen molar-refractivity contribution in [1.82, 2.24) is 21.0 Å². The first-order valence-electron chi connectivity index (χ1n) is 6.50. The minimum absolute atomic E-state index is 0.0747. The van der Waals surface area contributed by atoms with Gasteiger partial charge >= 0.3 is 0 Å². The number of hydrogen-bond donors (Lipinski definition) is 3. The topological polar surface area (TPSA) is 100 Å². The quantitative estimate of drug-likeness (QED) is 0.641. The van der Waals surface area contributed by atoms with E-state index in [0.29, 0.717) is 11.5 Å². The molecular weight excluding hydrogens is 284 g/mol. The van der Waals surface area contributed by atoms with Crippen LogP contribution in [0.1, 0.15) is 21.0 Å². The fraction of sp³-hybridized carbons (Fsp3) is 0. The van der Waals surface area contributed by atoms with E-state index in [9.17, 15) is 9.59 Å². The average molecular weight is 296 g/mol. The van der Waals surface area contributed by atoms with E-state index in [1.54, 1.807) is 18.3 Å². The van der Waals surface area contributed by atoms with Crippen LogP contribution in [-0.4, -0.2) is 22.0 Å². The van der Waals surface area contributed by atoms with Gasteiger partial charge in [-0.3, -0.25) is 20.4 Å². The molecule has 3 N–H and O–H groups in total. The molecule has 1 aromatic carbocycles. The Bertz CT molecular complexity index is 778. The Kier molecular flexibility index (Phi) is 3.69. The van der Waals surface area contributed by atoms with Gasteiger partial charge in [-0.2, -0.15) is 0 Å². The highest BCUT2D eigenvalue weighted by molar-refractivity contribution is 5.97. The highest BCUT2D eigenvalue weighted by atomic mass is 16.5. The summed E-state index contributed by atoms with van der Waals surface area (Å²) in [6, 6.07) is 14.0. The fourth-order valence-electron chi connectivity index (χ4n) is 1.84. The first-order chi connectivity index (χ1) is 10.7. The zero-order valence-electron chi connectivity index (χ0n) is 11.4. The third-order valence-corrected chi connectivity index (χ3v) is 2.93. The second-order valence-corrected chi connectivity index (χ2v) is 4.43. The maximum absolute atomic E-state index is 11.9. The summed E-state index contributed by atoms with van der Waals surface area (Å²) in [5, 5.41) is 3.69. The molecule has 22 heavy (non-hydrogen) atoms. The monoisotopic (exact) mass is 296 g/mol. The van der Waals surface area contributed by atoms with E-state index < -0.39 is 11.8 Å². The second-order valence-electron chi connectivity index (χ2n) is 4.43. The van der Waals surface area contributed by atoms with E-state index in [0.717, 1.165) is 5.56 Å². The lowest BCUT2D eigenvalue weighted by Gasteiger charge is -2.03. The summed E-state index contributed by atoms with van der Waals surface area (Å²) in [4.78, 5) is 26.3. The van der Waals surface area contributed by atoms with E-state index in [2.05, 4.69) is 21.0 Å². The van der Waals surface area contributed by atoms with Crippen LogP contribution in [0.5, 0.6) is 0 Å². The molecular formula is C15H12N4O3. The molecule has 0 radical (unpaired) electrons. The molecule has 0 aliphatic heterocycles. The SMILES string of the molecule is O=C(NNC(=O)c1ccc[nH]1)c1cc(-c2ccccc2)on1. The van der Waals surface area contributed by atoms with Gasteiger partial charge in [0.05, 0.1) is 0 Å². The van der Waals surface area contributed by atoms with Crippen LogP contribution in [0.25, 0.3) is 11.3 Å². The third-order valence-electron chi connectivity index (χ3n) is 2.93. The lowest BCUT2D eigenvalue weighted by molar-refractivity contribution is 0.0839. The van der Waals surface area contributed by atoms with Crippen LogP contribution in [0.4, 0.5) is 0 Å². The first kappa shape index (κ1) is 13.6. The molecule has 110 valence electrons. The Balaban J connectivity index is 1.64. The summed E-state index contributed by atoms with van der Waals surface area (Å²) >= 11 is 0. The molecule has 0 saturated carbocycles. The third kappa shape index (κ3) is 2.88. The van der Waals surface area contributed by atoms with Crippen molar-refractivity contribution in [2.45, 2.75) is 0 Å². The number of hydrazine groups is 1. The van der Waals surface area contributed by atoms with Crippen molar-refractivity contribution in [3.63, 3.8) is 0 Å². The predicted octanol–water partition coefficient (Wildman–Crippen LogP) is 1.74. The molecule has 0 unspecified atom stereocenters. The Morgan fingerprint density at radius 1 is 1.00 bits per heavy atom. The highest BCUT2D eigenvalue weighted by Crippen LogP contribution is 2.19. The highest BCUT2D eigenvalue weighted by Gasteiger charge is 2.14. The maximum Gasteiger partial charge on any atom is 0.291 e. The number of H-pyrrole nitrogens is 1. The van der Waals surface area contributed by atoms with Gasteiger partial charge < -0.3 is 9.51 Å². The second kappa shape index (κ2) is 5.96. The van der Waals surface area contributed by atoms with Gasteiger partial charge in [-0.1, -0.05) is 35.5 Å². The molecule has 7 heteroatoms. The summed E-state index contributed by atoms with van der Waals surface area (Å²) < 4.78 is 5.12. The van der Waals surface area contributed by atoms with Gasteiger partial charge in [-0.05, 0) is 12.1 Å². The minimum atomic E-state index is -0.564. The van der Waals surface area contributed by atoms with Gasteiger partial charge in [0, 0.05) is 17.8 Å². The van der Waals surface area contributed by atoms with Gasteiger partial charge in [0.2, 0.25) is 0 Å². The van der Waals surface area contributed by atoms with E-state index in [1.165, 1.54) is 6.07 Å². The van der Waals surface area contributed by atoms with Crippen LogP contribution < -0.4 is 10.9 Å². The molecule has 2 aromatic heterocycles. The van der Waals surface area contributed by atoms with Crippen LogP contribution in [-0.2, 0) is 0 Å². The van der Waals surface area contributed by atoms with Crippen LogP contribution in [0.2, 0.25) is 0 Å². The van der Waals surface area contributed by atoms with Crippen molar-refractivity contribution in [3.05, 3.63) is 66.1 Å². The summed E-state index contributed by atoms with van der Waals surface area (Å²) in [7, 11) is 0. The molecule has 0 spiro atoms. The van der Waals surface area contributed by atoms with E-state index in [4.69, 9.17) is 4.52 Å². The van der Waals surface area contributed by atoms with Crippen LogP contribution in [0.3, 0.4) is 0 Å². The molecule has 2 amide bonds. The molecule has 3 rings (SSSR count). The van der Waals surface area contributed by atoms with E-state index in [1.807, 2.05) is 30.3 Å². The fourth-order valence-corrected chi connectivity index (χ4v) is 1.84. The molecule has 0 aliphatic carbocycles. The zero-order chi connectivity index (χ0) is 15.4. The number of benzene rings is 1. The molecule has 0 aliphatic rings. The molecule has 0 bridgehead atoms. The average Bonchev–Trinajstić information content (AvgIpc) is 3.24. The number of aromatic amines is 1. The standard InChI is InChI=1S/C15H12N4O3/c20-14(11-7-4-8-16-11)17-18-15(21)12-9-13(22-19-12)10-5-2-1-3-6-10/h1-9,16H,(H,17,20)(H,18,21). The van der Waals surface area contributed by atoms with Gasteiger partial charge in [0.15, 0.2) is 11.5 Å². The van der Waals surface area contributed by atoms with Crippen molar-refractivity contribution < 1.29 is 14.1 Å². The minimum Gasteiger partial charge on any atom is -0.357 e. The van der Waals surface area contributed by atoms with Crippen LogP contribution in [0, 0.1) is 0 Å². The number of amides is 2. The normalized spacial score (nSPS) is 10.2. The Morgan fingerprint density at radius 3 is 2.50 bits per heavy atom. The summed E-state index contributed by atoms with van der Waals surface area (Å²) in [6.45, 7) is 0. The maximum atomic E-state index is 11.9. The largest absolute Gasteiger partial charge is 0.357 e. The zero-order valence-corrected chi connectivity index (χ0v) is 11.4. The lowest BCUT2D eigenvalue weighted by Crippen LogP contribution is -2.41.